The quantitative estimate of drug-likeness (QED) is 0.310. The molecule has 1 atom stereocenters. The molecule has 0 saturated carbocycles. The molecule has 2 aromatic carbocycles. The van der Waals surface area contributed by atoms with Crippen LogP contribution in [0.25, 0.3) is 0 Å². The number of benzene rings is 2. The molecule has 156 valence electrons. The van der Waals surface area contributed by atoms with Crippen LogP contribution in [0.5, 0.6) is 11.5 Å². The van der Waals surface area contributed by atoms with Crippen LogP contribution in [-0.2, 0) is 0 Å². The van der Waals surface area contributed by atoms with Crippen LogP contribution in [0.15, 0.2) is 48.5 Å². The van der Waals surface area contributed by atoms with Gasteiger partial charge in [0.1, 0.15) is 17.7 Å². The number of amides is 1. The second kappa shape index (κ2) is 10.7. The predicted molar refractivity (Wildman–Crippen MR) is 122 cm³/mol. The molecule has 1 amide bonds. The average molecular weight is 477 g/mol. The monoisotopic (exact) mass is 475 g/mol. The summed E-state index contributed by atoms with van der Waals surface area (Å²) in [5, 5.41) is 8.55. The molecule has 0 unspecified atom stereocenters. The molecule has 2 aromatic rings. The standard InChI is InChI=1S/C19H20Cl3N3O3S/c1-3-28-14-9-7-13(8-10-14)23-18(29)25-17(19(20,21)22)24-16(26)12-5-4-6-15(11-12)27-2/h4-11,17H,3H2,1-2H3,(H,24,26)(H2,23,25,29)/t17-/m1/s1. The maximum atomic E-state index is 12.5. The number of halogens is 3. The highest BCUT2D eigenvalue weighted by molar-refractivity contribution is 7.80. The van der Waals surface area contributed by atoms with Gasteiger partial charge in [0, 0.05) is 11.3 Å². The Morgan fingerprint density at radius 3 is 2.38 bits per heavy atom. The molecule has 0 aliphatic carbocycles. The summed E-state index contributed by atoms with van der Waals surface area (Å²) in [7, 11) is 1.51. The number of anilines is 1. The van der Waals surface area contributed by atoms with Crippen LogP contribution >= 0.6 is 47.0 Å². The van der Waals surface area contributed by atoms with Crippen LogP contribution in [-0.4, -0.2) is 34.7 Å². The second-order valence-corrected chi connectivity index (χ2v) is 8.51. The highest BCUT2D eigenvalue weighted by Gasteiger charge is 2.35. The van der Waals surface area contributed by atoms with Crippen molar-refractivity contribution in [3.05, 3.63) is 54.1 Å². The van der Waals surface area contributed by atoms with Gasteiger partial charge in [0.25, 0.3) is 5.91 Å². The van der Waals surface area contributed by atoms with Crippen molar-refractivity contribution >= 4 is 63.7 Å². The van der Waals surface area contributed by atoms with Gasteiger partial charge < -0.3 is 25.4 Å². The minimum atomic E-state index is -1.86. The van der Waals surface area contributed by atoms with Crippen molar-refractivity contribution in [1.29, 1.82) is 0 Å². The lowest BCUT2D eigenvalue weighted by molar-refractivity contribution is 0.0934. The minimum absolute atomic E-state index is 0.163. The van der Waals surface area contributed by atoms with E-state index in [1.165, 1.54) is 7.11 Å². The van der Waals surface area contributed by atoms with Gasteiger partial charge in [-0.25, -0.2) is 0 Å². The molecule has 0 bridgehead atoms. The van der Waals surface area contributed by atoms with Crippen molar-refractivity contribution in [2.75, 3.05) is 19.0 Å². The Labute approximate surface area is 189 Å². The van der Waals surface area contributed by atoms with Crippen molar-refractivity contribution in [2.24, 2.45) is 0 Å². The maximum absolute atomic E-state index is 12.5. The summed E-state index contributed by atoms with van der Waals surface area (Å²) >= 11 is 23.3. The van der Waals surface area contributed by atoms with E-state index in [2.05, 4.69) is 16.0 Å². The molecule has 0 radical (unpaired) electrons. The molecule has 2 rings (SSSR count). The Morgan fingerprint density at radius 1 is 1.10 bits per heavy atom. The van der Waals surface area contributed by atoms with E-state index in [0.29, 0.717) is 23.6 Å². The third-order valence-corrected chi connectivity index (χ3v) is 4.51. The summed E-state index contributed by atoms with van der Waals surface area (Å²) in [6.07, 6.45) is -1.09. The number of methoxy groups -OCH3 is 1. The fraction of sp³-hybridized carbons (Fsp3) is 0.263. The fourth-order valence-corrected chi connectivity index (χ4v) is 2.84. The van der Waals surface area contributed by atoms with Crippen LogP contribution in [0, 0.1) is 0 Å². The molecule has 29 heavy (non-hydrogen) atoms. The maximum Gasteiger partial charge on any atom is 0.253 e. The first-order valence-corrected chi connectivity index (χ1v) is 10.1. The molecule has 3 N–H and O–H groups in total. The summed E-state index contributed by atoms with van der Waals surface area (Å²) < 4.78 is 8.65. The van der Waals surface area contributed by atoms with E-state index in [9.17, 15) is 4.79 Å². The summed E-state index contributed by atoms with van der Waals surface area (Å²) in [5.41, 5.74) is 1.05. The molecule has 0 heterocycles. The number of rotatable bonds is 7. The Kier molecular flexibility index (Phi) is 8.64. The van der Waals surface area contributed by atoms with Crippen molar-refractivity contribution in [2.45, 2.75) is 16.9 Å². The van der Waals surface area contributed by atoms with Crippen LogP contribution in [0.4, 0.5) is 5.69 Å². The van der Waals surface area contributed by atoms with Gasteiger partial charge in [-0.1, -0.05) is 40.9 Å². The number of carbonyl (C=O) groups excluding carboxylic acids is 1. The van der Waals surface area contributed by atoms with E-state index in [0.717, 1.165) is 5.75 Å². The largest absolute Gasteiger partial charge is 0.497 e. The van der Waals surface area contributed by atoms with E-state index in [1.807, 2.05) is 6.92 Å². The zero-order valence-electron chi connectivity index (χ0n) is 15.7. The summed E-state index contributed by atoms with van der Waals surface area (Å²) in [4.78, 5) is 12.5. The van der Waals surface area contributed by atoms with E-state index in [-0.39, 0.29) is 5.11 Å². The zero-order chi connectivity index (χ0) is 21.4. The molecule has 0 aromatic heterocycles. The molecule has 6 nitrogen and oxygen atoms in total. The highest BCUT2D eigenvalue weighted by Crippen LogP contribution is 2.29. The van der Waals surface area contributed by atoms with Crippen molar-refractivity contribution in [3.8, 4) is 11.5 Å². The Morgan fingerprint density at radius 2 is 1.79 bits per heavy atom. The van der Waals surface area contributed by atoms with Crippen molar-refractivity contribution in [1.82, 2.24) is 10.6 Å². The Bertz CT molecular complexity index is 845. The lowest BCUT2D eigenvalue weighted by Crippen LogP contribution is -2.56. The van der Waals surface area contributed by atoms with Gasteiger partial charge in [-0.05, 0) is 61.6 Å². The summed E-state index contributed by atoms with van der Waals surface area (Å²) in [5.74, 6) is 0.807. The van der Waals surface area contributed by atoms with Crippen LogP contribution < -0.4 is 25.4 Å². The first-order valence-electron chi connectivity index (χ1n) is 8.55. The number of thiocarbonyl (C=S) groups is 1. The van der Waals surface area contributed by atoms with Crippen LogP contribution in [0.3, 0.4) is 0 Å². The number of ether oxygens (including phenoxy) is 2. The van der Waals surface area contributed by atoms with Crippen LogP contribution in [0.2, 0.25) is 0 Å². The summed E-state index contributed by atoms with van der Waals surface area (Å²) in [6.45, 7) is 2.48. The SMILES string of the molecule is CCOc1ccc(NC(=S)N[C@@H](NC(=O)c2cccc(OC)c2)C(Cl)(Cl)Cl)cc1. The first-order chi connectivity index (χ1) is 13.7. The number of hydrogen-bond donors (Lipinski definition) is 3. The lowest BCUT2D eigenvalue weighted by Gasteiger charge is -2.27. The van der Waals surface area contributed by atoms with E-state index < -0.39 is 15.9 Å². The number of nitrogens with one attached hydrogen (secondary N) is 3. The van der Waals surface area contributed by atoms with Gasteiger partial charge in [-0.2, -0.15) is 0 Å². The van der Waals surface area contributed by atoms with E-state index >= 15 is 0 Å². The third kappa shape index (κ3) is 7.44. The molecular weight excluding hydrogens is 457 g/mol. The smallest absolute Gasteiger partial charge is 0.253 e. The first kappa shape index (κ1) is 23.3. The number of alkyl halides is 3. The predicted octanol–water partition coefficient (Wildman–Crippen LogP) is 4.51. The van der Waals surface area contributed by atoms with Gasteiger partial charge in [-0.3, -0.25) is 4.79 Å². The molecule has 0 fully saturated rings. The third-order valence-electron chi connectivity index (χ3n) is 3.63. The van der Waals surface area contributed by atoms with Crippen molar-refractivity contribution in [3.63, 3.8) is 0 Å². The normalized spacial score (nSPS) is 11.9. The van der Waals surface area contributed by atoms with Gasteiger partial charge in [0.2, 0.25) is 3.79 Å². The second-order valence-electron chi connectivity index (χ2n) is 5.74. The van der Waals surface area contributed by atoms with Crippen molar-refractivity contribution < 1.29 is 14.3 Å². The Balaban J connectivity index is 2.04. The molecule has 0 aliphatic rings. The van der Waals surface area contributed by atoms with Gasteiger partial charge in [-0.15, -0.1) is 0 Å². The molecular formula is C19H20Cl3N3O3S. The van der Waals surface area contributed by atoms with Crippen LogP contribution in [0.1, 0.15) is 17.3 Å². The minimum Gasteiger partial charge on any atom is -0.497 e. The lowest BCUT2D eigenvalue weighted by atomic mass is 10.2. The molecule has 0 spiro atoms. The van der Waals surface area contributed by atoms with Gasteiger partial charge in [0.05, 0.1) is 13.7 Å². The fourth-order valence-electron chi connectivity index (χ4n) is 2.28. The van der Waals surface area contributed by atoms with E-state index in [4.69, 9.17) is 56.5 Å². The number of carbonyl (C=O) groups is 1. The molecule has 10 heteroatoms. The van der Waals surface area contributed by atoms with E-state index in [1.54, 1.807) is 48.5 Å². The topological polar surface area (TPSA) is 71.6 Å². The number of hydrogen-bond acceptors (Lipinski definition) is 4. The van der Waals surface area contributed by atoms with Gasteiger partial charge in [0.15, 0.2) is 5.11 Å². The highest BCUT2D eigenvalue weighted by atomic mass is 35.6. The Hall–Kier alpha value is -1.93. The molecule has 0 aliphatic heterocycles. The summed E-state index contributed by atoms with van der Waals surface area (Å²) in [6, 6.07) is 13.8. The zero-order valence-corrected chi connectivity index (χ0v) is 18.8. The average Bonchev–Trinajstić information content (AvgIpc) is 2.68. The molecule has 0 saturated heterocycles. The van der Waals surface area contributed by atoms with Gasteiger partial charge >= 0.3 is 0 Å².